The van der Waals surface area contributed by atoms with Crippen molar-refractivity contribution in [3.8, 4) is 0 Å². The van der Waals surface area contributed by atoms with Crippen LogP contribution in [0.3, 0.4) is 0 Å². The van der Waals surface area contributed by atoms with E-state index in [0.717, 1.165) is 13.2 Å². The maximum atomic E-state index is 12.8. The van der Waals surface area contributed by atoms with Crippen molar-refractivity contribution in [2.24, 2.45) is 0 Å². The molecule has 2 nitrogen and oxygen atoms in total. The van der Waals surface area contributed by atoms with E-state index in [1.807, 2.05) is 0 Å². The molecule has 0 fully saturated rings. The summed E-state index contributed by atoms with van der Waals surface area (Å²) in [5.74, 6) is -2.04. The van der Waals surface area contributed by atoms with Crippen LogP contribution >= 0.6 is 0 Å². The van der Waals surface area contributed by atoms with Gasteiger partial charge >= 0.3 is 12.1 Å². The third kappa shape index (κ3) is 2.95. The number of carbonyl (C=O) groups excluding carboxylic acids is 1. The summed E-state index contributed by atoms with van der Waals surface area (Å²) in [5.41, 5.74) is -1.32. The van der Waals surface area contributed by atoms with Gasteiger partial charge in [0.15, 0.2) is 0 Å². The van der Waals surface area contributed by atoms with Gasteiger partial charge in [-0.2, -0.15) is 13.2 Å². The van der Waals surface area contributed by atoms with Crippen molar-refractivity contribution in [3.05, 3.63) is 35.1 Å². The zero-order valence-corrected chi connectivity index (χ0v) is 8.27. The predicted molar refractivity (Wildman–Crippen MR) is 47.1 cm³/mol. The fourth-order valence-corrected chi connectivity index (χ4v) is 1.14. The fourth-order valence-electron chi connectivity index (χ4n) is 1.14. The second kappa shape index (κ2) is 4.51. The number of halogens is 4. The first-order valence-corrected chi connectivity index (χ1v) is 4.27. The minimum atomic E-state index is -4.77. The maximum Gasteiger partial charge on any atom is 0.419 e. The molecule has 0 aliphatic carbocycles. The maximum absolute atomic E-state index is 12.8. The SMILES string of the molecule is COC(=O)Cc1ccc(F)c(C(F)(F)F)c1. The smallest absolute Gasteiger partial charge is 0.419 e. The molecule has 0 bridgehead atoms. The Morgan fingerprint density at radius 2 is 2.00 bits per heavy atom. The zero-order chi connectivity index (χ0) is 12.3. The van der Waals surface area contributed by atoms with Crippen LogP contribution in [0.2, 0.25) is 0 Å². The lowest BCUT2D eigenvalue weighted by atomic mass is 10.1. The summed E-state index contributed by atoms with van der Waals surface area (Å²) in [6.45, 7) is 0. The zero-order valence-electron chi connectivity index (χ0n) is 8.27. The fraction of sp³-hybridized carbons (Fsp3) is 0.300. The Morgan fingerprint density at radius 3 is 2.50 bits per heavy atom. The number of hydrogen-bond acceptors (Lipinski definition) is 2. The second-order valence-electron chi connectivity index (χ2n) is 3.06. The van der Waals surface area contributed by atoms with E-state index >= 15 is 0 Å². The summed E-state index contributed by atoms with van der Waals surface area (Å²) >= 11 is 0. The largest absolute Gasteiger partial charge is 0.469 e. The highest BCUT2D eigenvalue weighted by molar-refractivity contribution is 5.72. The van der Waals surface area contributed by atoms with Crippen LogP contribution in [0.4, 0.5) is 17.6 Å². The summed E-state index contributed by atoms with van der Waals surface area (Å²) in [5, 5.41) is 0. The standard InChI is InChI=1S/C10H8F4O2/c1-16-9(15)5-6-2-3-8(11)7(4-6)10(12,13)14/h2-4H,5H2,1H3. The molecule has 88 valence electrons. The van der Waals surface area contributed by atoms with Crippen LogP contribution < -0.4 is 0 Å². The van der Waals surface area contributed by atoms with Gasteiger partial charge in [0.25, 0.3) is 0 Å². The monoisotopic (exact) mass is 236 g/mol. The predicted octanol–water partition coefficient (Wildman–Crippen LogP) is 2.56. The lowest BCUT2D eigenvalue weighted by Gasteiger charge is -2.09. The number of ether oxygens (including phenoxy) is 1. The molecule has 0 saturated heterocycles. The molecular formula is C10H8F4O2. The van der Waals surface area contributed by atoms with Crippen LogP contribution in [0, 0.1) is 5.82 Å². The number of esters is 1. The quantitative estimate of drug-likeness (QED) is 0.582. The Balaban J connectivity index is 3.03. The minimum Gasteiger partial charge on any atom is -0.469 e. The summed E-state index contributed by atoms with van der Waals surface area (Å²) in [6, 6.07) is 2.40. The number of rotatable bonds is 2. The van der Waals surface area contributed by atoms with Crippen molar-refractivity contribution in [3.63, 3.8) is 0 Å². The molecule has 0 atom stereocenters. The first kappa shape index (κ1) is 12.5. The van der Waals surface area contributed by atoms with Crippen molar-refractivity contribution in [1.29, 1.82) is 0 Å². The third-order valence-corrected chi connectivity index (χ3v) is 1.91. The Hall–Kier alpha value is -1.59. The van der Waals surface area contributed by atoms with Crippen LogP contribution in [-0.4, -0.2) is 13.1 Å². The number of alkyl halides is 3. The van der Waals surface area contributed by atoms with Crippen LogP contribution in [0.15, 0.2) is 18.2 Å². The number of methoxy groups -OCH3 is 1. The Labute approximate surface area is 88.8 Å². The van der Waals surface area contributed by atoms with Gasteiger partial charge in [-0.25, -0.2) is 4.39 Å². The van der Waals surface area contributed by atoms with E-state index in [1.54, 1.807) is 0 Å². The van der Waals surface area contributed by atoms with E-state index in [0.29, 0.717) is 12.1 Å². The topological polar surface area (TPSA) is 26.3 Å². The number of carbonyl (C=O) groups is 1. The Morgan fingerprint density at radius 1 is 1.38 bits per heavy atom. The molecule has 1 aromatic carbocycles. The molecule has 0 radical (unpaired) electrons. The van der Waals surface area contributed by atoms with Gasteiger partial charge < -0.3 is 4.74 Å². The third-order valence-electron chi connectivity index (χ3n) is 1.91. The first-order chi connectivity index (χ1) is 7.34. The molecule has 1 rings (SSSR count). The molecule has 0 aliphatic heterocycles. The van der Waals surface area contributed by atoms with Gasteiger partial charge in [0.05, 0.1) is 19.1 Å². The number of hydrogen-bond donors (Lipinski definition) is 0. The van der Waals surface area contributed by atoms with Gasteiger partial charge in [0.2, 0.25) is 0 Å². The minimum absolute atomic E-state index is 0.0561. The van der Waals surface area contributed by atoms with E-state index in [1.165, 1.54) is 0 Å². The average Bonchev–Trinajstić information content (AvgIpc) is 2.19. The molecule has 0 aliphatic rings. The summed E-state index contributed by atoms with van der Waals surface area (Å²) in [6.07, 6.45) is -5.09. The molecule has 0 amide bonds. The molecule has 0 saturated carbocycles. The van der Waals surface area contributed by atoms with Crippen LogP contribution in [0.1, 0.15) is 11.1 Å². The molecule has 0 N–H and O–H groups in total. The van der Waals surface area contributed by atoms with Gasteiger partial charge in [-0.05, 0) is 17.7 Å². The lowest BCUT2D eigenvalue weighted by Crippen LogP contribution is -2.10. The van der Waals surface area contributed by atoms with Crippen molar-refractivity contribution in [1.82, 2.24) is 0 Å². The van der Waals surface area contributed by atoms with E-state index in [2.05, 4.69) is 4.74 Å². The normalized spacial score (nSPS) is 11.3. The number of benzene rings is 1. The second-order valence-corrected chi connectivity index (χ2v) is 3.06. The first-order valence-electron chi connectivity index (χ1n) is 4.27. The highest BCUT2D eigenvalue weighted by Crippen LogP contribution is 2.31. The Bertz CT molecular complexity index is 398. The molecule has 0 heterocycles. The molecular weight excluding hydrogens is 228 g/mol. The van der Waals surface area contributed by atoms with Gasteiger partial charge in [-0.3, -0.25) is 4.79 Å². The van der Waals surface area contributed by atoms with Gasteiger partial charge in [-0.1, -0.05) is 6.07 Å². The van der Waals surface area contributed by atoms with Crippen LogP contribution in [0.25, 0.3) is 0 Å². The molecule has 16 heavy (non-hydrogen) atoms. The van der Waals surface area contributed by atoms with Crippen LogP contribution in [-0.2, 0) is 22.1 Å². The van der Waals surface area contributed by atoms with Crippen molar-refractivity contribution < 1.29 is 27.1 Å². The average molecular weight is 236 g/mol. The molecule has 0 spiro atoms. The van der Waals surface area contributed by atoms with E-state index in [-0.39, 0.29) is 12.0 Å². The molecule has 0 unspecified atom stereocenters. The lowest BCUT2D eigenvalue weighted by molar-refractivity contribution is -0.141. The van der Waals surface area contributed by atoms with Gasteiger partial charge in [0, 0.05) is 0 Å². The van der Waals surface area contributed by atoms with Gasteiger partial charge in [0.1, 0.15) is 5.82 Å². The highest BCUT2D eigenvalue weighted by atomic mass is 19.4. The molecule has 0 aromatic heterocycles. The van der Waals surface area contributed by atoms with Crippen LogP contribution in [0.5, 0.6) is 0 Å². The molecule has 1 aromatic rings. The summed E-state index contributed by atoms with van der Waals surface area (Å²) < 4.78 is 54.0. The van der Waals surface area contributed by atoms with Gasteiger partial charge in [-0.15, -0.1) is 0 Å². The molecule has 6 heteroatoms. The summed E-state index contributed by atoms with van der Waals surface area (Å²) in [4.78, 5) is 10.8. The summed E-state index contributed by atoms with van der Waals surface area (Å²) in [7, 11) is 1.12. The van der Waals surface area contributed by atoms with Crippen molar-refractivity contribution in [2.75, 3.05) is 7.11 Å². The highest BCUT2D eigenvalue weighted by Gasteiger charge is 2.34. The van der Waals surface area contributed by atoms with E-state index < -0.39 is 23.5 Å². The Kier molecular flexibility index (Phi) is 3.51. The van der Waals surface area contributed by atoms with Crippen molar-refractivity contribution in [2.45, 2.75) is 12.6 Å². The van der Waals surface area contributed by atoms with E-state index in [9.17, 15) is 22.4 Å². The van der Waals surface area contributed by atoms with E-state index in [4.69, 9.17) is 0 Å². The van der Waals surface area contributed by atoms with Crippen molar-refractivity contribution >= 4 is 5.97 Å².